The second kappa shape index (κ2) is 4.43. The Morgan fingerprint density at radius 1 is 1.18 bits per heavy atom. The minimum Gasteiger partial charge on any atom is -0.388 e. The fraction of sp³-hybridized carbons (Fsp3) is 0.600. The minimum atomic E-state index is -0.223. The van der Waals surface area contributed by atoms with Crippen molar-refractivity contribution in [2.24, 2.45) is 11.8 Å². The molecule has 1 saturated heterocycles. The Balaban J connectivity index is 1.75. The number of hydrogen-bond donors (Lipinski definition) is 1. The van der Waals surface area contributed by atoms with Gasteiger partial charge in [0.2, 0.25) is 0 Å². The first-order valence-electron chi connectivity index (χ1n) is 6.70. The molecule has 0 aromatic heterocycles. The molecule has 0 bridgehead atoms. The molecule has 1 N–H and O–H groups in total. The zero-order valence-electron chi connectivity index (χ0n) is 10.5. The maximum atomic E-state index is 10.4. The fourth-order valence-electron chi connectivity index (χ4n) is 3.49. The van der Waals surface area contributed by atoms with Gasteiger partial charge in [0.15, 0.2) is 0 Å². The van der Waals surface area contributed by atoms with Gasteiger partial charge < -0.3 is 10.0 Å². The van der Waals surface area contributed by atoms with Gasteiger partial charge in [-0.1, -0.05) is 24.3 Å². The van der Waals surface area contributed by atoms with E-state index in [0.29, 0.717) is 11.8 Å². The quantitative estimate of drug-likeness (QED) is 0.801. The van der Waals surface area contributed by atoms with E-state index in [1.165, 1.54) is 37.1 Å². The predicted octanol–water partition coefficient (Wildman–Crippen LogP) is 2.23. The third-order valence-electron chi connectivity index (χ3n) is 4.60. The van der Waals surface area contributed by atoms with E-state index in [-0.39, 0.29) is 6.10 Å². The molecule has 1 fully saturated rings. The molecule has 0 unspecified atom stereocenters. The van der Waals surface area contributed by atoms with Crippen LogP contribution in [0, 0.1) is 11.8 Å². The first-order valence-corrected chi connectivity index (χ1v) is 6.70. The van der Waals surface area contributed by atoms with E-state index in [9.17, 15) is 5.11 Å². The number of piperidine rings is 1. The molecule has 1 heterocycles. The molecule has 1 aliphatic heterocycles. The van der Waals surface area contributed by atoms with Gasteiger partial charge in [-0.2, -0.15) is 0 Å². The lowest BCUT2D eigenvalue weighted by molar-refractivity contribution is 0.0595. The van der Waals surface area contributed by atoms with Crippen LogP contribution in [0.5, 0.6) is 0 Å². The molecular formula is C15H21NO. The Morgan fingerprint density at radius 2 is 1.88 bits per heavy atom. The van der Waals surface area contributed by atoms with E-state index < -0.39 is 0 Å². The van der Waals surface area contributed by atoms with Crippen molar-refractivity contribution < 1.29 is 5.11 Å². The van der Waals surface area contributed by atoms with Crippen LogP contribution in [-0.4, -0.2) is 30.1 Å². The van der Waals surface area contributed by atoms with Gasteiger partial charge in [0, 0.05) is 0 Å². The Labute approximate surface area is 103 Å². The van der Waals surface area contributed by atoms with E-state index in [1.807, 2.05) is 6.07 Å². The van der Waals surface area contributed by atoms with Crippen molar-refractivity contribution in [3.05, 3.63) is 35.4 Å². The summed E-state index contributed by atoms with van der Waals surface area (Å²) in [6.45, 7) is 2.37. The average Bonchev–Trinajstić information content (AvgIpc) is 2.69. The number of likely N-dealkylation sites (tertiary alicyclic amines) is 1. The summed E-state index contributed by atoms with van der Waals surface area (Å²) in [6, 6.07) is 8.39. The molecule has 0 amide bonds. The largest absolute Gasteiger partial charge is 0.388 e. The maximum Gasteiger partial charge on any atom is 0.0826 e. The molecular weight excluding hydrogens is 210 g/mol. The van der Waals surface area contributed by atoms with Crippen LogP contribution in [0.3, 0.4) is 0 Å². The fourth-order valence-corrected chi connectivity index (χ4v) is 3.49. The summed E-state index contributed by atoms with van der Waals surface area (Å²) in [6.07, 6.45) is 3.34. The lowest BCUT2D eigenvalue weighted by atomic mass is 9.81. The van der Waals surface area contributed by atoms with Gasteiger partial charge >= 0.3 is 0 Å². The molecule has 17 heavy (non-hydrogen) atoms. The summed E-state index contributed by atoms with van der Waals surface area (Å²) in [7, 11) is 2.19. The molecule has 0 spiro atoms. The van der Waals surface area contributed by atoms with Crippen molar-refractivity contribution in [2.45, 2.75) is 25.4 Å². The summed E-state index contributed by atoms with van der Waals surface area (Å²) in [4.78, 5) is 2.39. The summed E-state index contributed by atoms with van der Waals surface area (Å²) in [5, 5.41) is 10.4. The van der Waals surface area contributed by atoms with Crippen LogP contribution in [0.4, 0.5) is 0 Å². The molecule has 2 nitrogen and oxygen atoms in total. The van der Waals surface area contributed by atoms with E-state index in [2.05, 4.69) is 30.1 Å². The topological polar surface area (TPSA) is 23.5 Å². The summed E-state index contributed by atoms with van der Waals surface area (Å²) < 4.78 is 0. The normalized spacial score (nSPS) is 30.5. The lowest BCUT2D eigenvalue weighted by Crippen LogP contribution is -2.34. The number of nitrogens with zero attached hydrogens (tertiary/aromatic N) is 1. The van der Waals surface area contributed by atoms with Crippen LogP contribution in [0.25, 0.3) is 0 Å². The predicted molar refractivity (Wildman–Crippen MR) is 68.8 cm³/mol. The number of fused-ring (bicyclic) bond motifs is 1. The highest BCUT2D eigenvalue weighted by Gasteiger charge is 2.36. The number of benzene rings is 1. The molecule has 1 aromatic rings. The Hall–Kier alpha value is -0.860. The van der Waals surface area contributed by atoms with Crippen molar-refractivity contribution in [3.63, 3.8) is 0 Å². The molecule has 1 aliphatic carbocycles. The van der Waals surface area contributed by atoms with Gasteiger partial charge in [-0.3, -0.25) is 0 Å². The molecule has 2 aliphatic rings. The smallest absolute Gasteiger partial charge is 0.0826 e. The summed E-state index contributed by atoms with van der Waals surface area (Å²) in [5.74, 6) is 1.16. The van der Waals surface area contributed by atoms with E-state index >= 15 is 0 Å². The molecule has 2 heteroatoms. The zero-order valence-corrected chi connectivity index (χ0v) is 10.5. The number of hydrogen-bond acceptors (Lipinski definition) is 2. The van der Waals surface area contributed by atoms with Crippen molar-refractivity contribution in [3.8, 4) is 0 Å². The Morgan fingerprint density at radius 3 is 2.59 bits per heavy atom. The van der Waals surface area contributed by atoms with Gasteiger partial charge in [0.05, 0.1) is 6.10 Å². The third kappa shape index (κ3) is 2.00. The second-order valence-corrected chi connectivity index (χ2v) is 5.65. The van der Waals surface area contributed by atoms with Crippen LogP contribution in [0.15, 0.2) is 24.3 Å². The Bertz CT molecular complexity index is 396. The van der Waals surface area contributed by atoms with E-state index in [4.69, 9.17) is 0 Å². The van der Waals surface area contributed by atoms with Crippen molar-refractivity contribution in [1.29, 1.82) is 0 Å². The minimum absolute atomic E-state index is 0.223. The molecule has 1 aromatic carbocycles. The highest BCUT2D eigenvalue weighted by Crippen LogP contribution is 2.42. The van der Waals surface area contributed by atoms with Gasteiger partial charge in [-0.05, 0) is 62.4 Å². The molecule has 3 rings (SSSR count). The van der Waals surface area contributed by atoms with E-state index in [0.717, 1.165) is 6.42 Å². The molecule has 0 saturated carbocycles. The second-order valence-electron chi connectivity index (χ2n) is 5.65. The van der Waals surface area contributed by atoms with Gasteiger partial charge in [0.1, 0.15) is 0 Å². The molecule has 2 atom stereocenters. The highest BCUT2D eigenvalue weighted by molar-refractivity contribution is 5.34. The van der Waals surface area contributed by atoms with Crippen LogP contribution in [-0.2, 0) is 6.42 Å². The average molecular weight is 231 g/mol. The molecule has 0 radical (unpaired) electrons. The third-order valence-corrected chi connectivity index (χ3v) is 4.60. The van der Waals surface area contributed by atoms with E-state index in [1.54, 1.807) is 0 Å². The lowest BCUT2D eigenvalue weighted by Gasteiger charge is -2.34. The van der Waals surface area contributed by atoms with Crippen LogP contribution >= 0.6 is 0 Å². The monoisotopic (exact) mass is 231 g/mol. The van der Waals surface area contributed by atoms with Crippen molar-refractivity contribution in [1.82, 2.24) is 4.90 Å². The molecule has 92 valence electrons. The van der Waals surface area contributed by atoms with Gasteiger partial charge in [-0.25, -0.2) is 0 Å². The first kappa shape index (κ1) is 11.2. The zero-order chi connectivity index (χ0) is 11.8. The number of rotatable bonds is 1. The number of aliphatic hydroxyl groups excluding tert-OH is 1. The van der Waals surface area contributed by atoms with Gasteiger partial charge in [-0.15, -0.1) is 0 Å². The number of aliphatic hydroxyl groups is 1. The summed E-state index contributed by atoms with van der Waals surface area (Å²) in [5.41, 5.74) is 2.54. The Kier molecular flexibility index (Phi) is 2.93. The SMILES string of the molecule is CN1CCC([C@H]2Cc3ccccc3[C@@H]2O)CC1. The van der Waals surface area contributed by atoms with Crippen molar-refractivity contribution in [2.75, 3.05) is 20.1 Å². The first-order chi connectivity index (χ1) is 8.25. The highest BCUT2D eigenvalue weighted by atomic mass is 16.3. The van der Waals surface area contributed by atoms with Crippen molar-refractivity contribution >= 4 is 0 Å². The van der Waals surface area contributed by atoms with Crippen LogP contribution in [0.1, 0.15) is 30.1 Å². The van der Waals surface area contributed by atoms with Crippen LogP contribution < -0.4 is 0 Å². The standard InChI is InChI=1S/C15H21NO/c1-16-8-6-11(7-9-16)14-10-12-4-2-3-5-13(12)15(14)17/h2-5,11,14-15,17H,6-10H2,1H3/t14-,15+/m1/s1. The van der Waals surface area contributed by atoms with Gasteiger partial charge in [0.25, 0.3) is 0 Å². The summed E-state index contributed by atoms with van der Waals surface area (Å²) >= 11 is 0. The van der Waals surface area contributed by atoms with Crippen LogP contribution in [0.2, 0.25) is 0 Å². The maximum absolute atomic E-state index is 10.4.